The second-order valence-electron chi connectivity index (χ2n) is 8.68. The Balaban J connectivity index is 1.99. The Hall–Kier alpha value is -1.18. The monoisotopic (exact) mass is 372 g/mol. The van der Waals surface area contributed by atoms with Crippen LogP contribution in [0.2, 0.25) is 0 Å². The largest absolute Gasteiger partial charge is 0.457 e. The Kier molecular flexibility index (Phi) is 6.05. The first-order chi connectivity index (χ1) is 11.9. The Morgan fingerprint density at radius 1 is 1.15 bits per heavy atom. The van der Waals surface area contributed by atoms with Crippen molar-refractivity contribution >= 4 is 11.9 Å². The van der Waals surface area contributed by atoms with E-state index in [0.29, 0.717) is 12.8 Å². The Labute approximate surface area is 155 Å². The fourth-order valence-corrected chi connectivity index (χ4v) is 4.18. The molecule has 2 saturated heterocycles. The molecule has 0 aromatic heterocycles. The summed E-state index contributed by atoms with van der Waals surface area (Å²) in [7, 11) is 0. The highest BCUT2D eigenvalue weighted by molar-refractivity contribution is 5.77. The van der Waals surface area contributed by atoms with Gasteiger partial charge in [0.15, 0.2) is 6.61 Å². The molecule has 0 spiro atoms. The van der Waals surface area contributed by atoms with E-state index in [-0.39, 0.29) is 23.9 Å². The van der Waals surface area contributed by atoms with Gasteiger partial charge in [0.05, 0.1) is 23.2 Å². The van der Waals surface area contributed by atoms with Gasteiger partial charge in [-0.25, -0.2) is 4.79 Å². The van der Waals surface area contributed by atoms with E-state index in [0.717, 1.165) is 0 Å². The lowest BCUT2D eigenvalue weighted by Gasteiger charge is -2.43. The van der Waals surface area contributed by atoms with Crippen molar-refractivity contribution in [1.82, 2.24) is 0 Å². The normalized spacial score (nSPS) is 32.4. The van der Waals surface area contributed by atoms with E-state index in [4.69, 9.17) is 14.2 Å². The molecule has 0 amide bonds. The number of hydrogen-bond acceptors (Lipinski definition) is 7. The average molecular weight is 372 g/mol. The number of carbonyl (C=O) groups is 2. The Morgan fingerprint density at radius 3 is 2.23 bits per heavy atom. The van der Waals surface area contributed by atoms with Gasteiger partial charge in [-0.2, -0.15) is 0 Å². The van der Waals surface area contributed by atoms with Crippen LogP contribution in [0.4, 0.5) is 0 Å². The standard InChI is InChI=1S/C19H32O7/c1-7-10(2)17(21)24-9-13(20)25-12-8-11-14(18(3,4)22)15(16(12)26-11)19(5,6)23/h10-12,14-16,22-23H,7-9H2,1-6H3. The van der Waals surface area contributed by atoms with Gasteiger partial charge >= 0.3 is 11.9 Å². The highest BCUT2D eigenvalue weighted by Crippen LogP contribution is 2.52. The van der Waals surface area contributed by atoms with Crippen LogP contribution in [0.15, 0.2) is 0 Å². The molecule has 0 aromatic rings. The van der Waals surface area contributed by atoms with Crippen molar-refractivity contribution < 1.29 is 34.0 Å². The van der Waals surface area contributed by atoms with E-state index in [2.05, 4.69) is 0 Å². The molecule has 2 rings (SSSR count). The van der Waals surface area contributed by atoms with E-state index in [1.165, 1.54) is 0 Å². The number of hydrogen-bond donors (Lipinski definition) is 2. The van der Waals surface area contributed by atoms with Crippen molar-refractivity contribution in [3.8, 4) is 0 Å². The summed E-state index contributed by atoms with van der Waals surface area (Å²) in [5.41, 5.74) is -2.12. The molecular weight excluding hydrogens is 340 g/mol. The third-order valence-electron chi connectivity index (χ3n) is 5.57. The van der Waals surface area contributed by atoms with Crippen molar-refractivity contribution in [3.63, 3.8) is 0 Å². The van der Waals surface area contributed by atoms with Crippen LogP contribution in [-0.4, -0.2) is 58.3 Å². The van der Waals surface area contributed by atoms with Crippen LogP contribution < -0.4 is 0 Å². The average Bonchev–Trinajstić information content (AvgIpc) is 3.08. The lowest BCUT2D eigenvalue weighted by molar-refractivity contribution is -0.169. The fraction of sp³-hybridized carbons (Fsp3) is 0.895. The Bertz CT molecular complexity index is 531. The zero-order valence-electron chi connectivity index (χ0n) is 16.5. The summed E-state index contributed by atoms with van der Waals surface area (Å²) in [5.74, 6) is -1.95. The molecule has 6 unspecified atom stereocenters. The molecule has 2 fully saturated rings. The van der Waals surface area contributed by atoms with Crippen molar-refractivity contribution in [3.05, 3.63) is 0 Å². The zero-order valence-corrected chi connectivity index (χ0v) is 16.5. The molecule has 2 heterocycles. The van der Waals surface area contributed by atoms with Crippen LogP contribution in [0, 0.1) is 17.8 Å². The van der Waals surface area contributed by atoms with Crippen LogP contribution in [0.5, 0.6) is 0 Å². The quantitative estimate of drug-likeness (QED) is 0.652. The molecule has 7 heteroatoms. The van der Waals surface area contributed by atoms with E-state index >= 15 is 0 Å². The molecule has 26 heavy (non-hydrogen) atoms. The molecule has 7 nitrogen and oxygen atoms in total. The summed E-state index contributed by atoms with van der Waals surface area (Å²) in [6, 6.07) is 0. The number of esters is 2. The maximum absolute atomic E-state index is 12.1. The van der Waals surface area contributed by atoms with Crippen LogP contribution in [0.1, 0.15) is 54.4 Å². The summed E-state index contributed by atoms with van der Waals surface area (Å²) < 4.78 is 16.4. The predicted molar refractivity (Wildman–Crippen MR) is 93.1 cm³/mol. The van der Waals surface area contributed by atoms with Gasteiger partial charge in [0.1, 0.15) is 12.2 Å². The van der Waals surface area contributed by atoms with Gasteiger partial charge in [0, 0.05) is 18.3 Å². The molecule has 2 aliphatic heterocycles. The van der Waals surface area contributed by atoms with Gasteiger partial charge in [-0.05, 0) is 34.1 Å². The van der Waals surface area contributed by atoms with Gasteiger partial charge in [-0.15, -0.1) is 0 Å². The molecule has 0 radical (unpaired) electrons. The minimum absolute atomic E-state index is 0.259. The number of rotatable bonds is 7. The van der Waals surface area contributed by atoms with Crippen molar-refractivity contribution in [2.24, 2.45) is 17.8 Å². The minimum atomic E-state index is -1.10. The molecule has 0 aliphatic carbocycles. The smallest absolute Gasteiger partial charge is 0.344 e. The highest BCUT2D eigenvalue weighted by Gasteiger charge is 2.63. The first kappa shape index (κ1) is 21.1. The summed E-state index contributed by atoms with van der Waals surface area (Å²) in [6.07, 6.45) is -0.219. The molecule has 0 aromatic carbocycles. The molecule has 6 atom stereocenters. The number of fused-ring (bicyclic) bond motifs is 2. The van der Waals surface area contributed by atoms with E-state index < -0.39 is 42.0 Å². The van der Waals surface area contributed by atoms with E-state index in [1.54, 1.807) is 34.6 Å². The van der Waals surface area contributed by atoms with E-state index in [1.807, 2.05) is 6.92 Å². The van der Waals surface area contributed by atoms with Crippen molar-refractivity contribution in [2.75, 3.05) is 6.61 Å². The highest BCUT2D eigenvalue weighted by atomic mass is 16.6. The third kappa shape index (κ3) is 4.38. The summed E-state index contributed by atoms with van der Waals surface area (Å²) in [5, 5.41) is 21.1. The van der Waals surface area contributed by atoms with Crippen LogP contribution in [0.25, 0.3) is 0 Å². The lowest BCUT2D eigenvalue weighted by Crippen LogP contribution is -2.54. The number of aliphatic hydroxyl groups is 2. The van der Waals surface area contributed by atoms with Crippen LogP contribution in [-0.2, 0) is 23.8 Å². The molecule has 2 bridgehead atoms. The maximum atomic E-state index is 12.1. The van der Waals surface area contributed by atoms with Gasteiger partial charge in [0.25, 0.3) is 0 Å². The number of ether oxygens (including phenoxy) is 3. The second kappa shape index (κ2) is 7.44. The second-order valence-corrected chi connectivity index (χ2v) is 8.68. The summed E-state index contributed by atoms with van der Waals surface area (Å²) in [6.45, 7) is 9.93. The molecule has 2 aliphatic rings. The first-order valence-electron chi connectivity index (χ1n) is 9.32. The van der Waals surface area contributed by atoms with Gasteiger partial charge < -0.3 is 24.4 Å². The Morgan fingerprint density at radius 2 is 1.73 bits per heavy atom. The maximum Gasteiger partial charge on any atom is 0.344 e. The third-order valence-corrected chi connectivity index (χ3v) is 5.57. The number of carbonyl (C=O) groups excluding carboxylic acids is 2. The molecular formula is C19H32O7. The molecule has 2 N–H and O–H groups in total. The summed E-state index contributed by atoms with van der Waals surface area (Å²) >= 11 is 0. The first-order valence-corrected chi connectivity index (χ1v) is 9.32. The SMILES string of the molecule is CCC(C)C(=O)OCC(=O)OC1CC2OC1C(C(C)(C)O)C2C(C)(C)O. The van der Waals surface area contributed by atoms with Gasteiger partial charge in [-0.3, -0.25) is 4.79 Å². The summed E-state index contributed by atoms with van der Waals surface area (Å²) in [4.78, 5) is 23.7. The lowest BCUT2D eigenvalue weighted by atomic mass is 9.65. The van der Waals surface area contributed by atoms with Crippen LogP contribution in [0.3, 0.4) is 0 Å². The van der Waals surface area contributed by atoms with Gasteiger partial charge in [-0.1, -0.05) is 13.8 Å². The van der Waals surface area contributed by atoms with Crippen molar-refractivity contribution in [1.29, 1.82) is 0 Å². The minimum Gasteiger partial charge on any atom is -0.457 e. The van der Waals surface area contributed by atoms with Crippen molar-refractivity contribution in [2.45, 2.75) is 83.9 Å². The predicted octanol–water partition coefficient (Wildman–Crippen LogP) is 1.43. The molecule has 150 valence electrons. The van der Waals surface area contributed by atoms with E-state index in [9.17, 15) is 19.8 Å². The van der Waals surface area contributed by atoms with Crippen LogP contribution >= 0.6 is 0 Å². The molecule has 0 saturated carbocycles. The topological polar surface area (TPSA) is 102 Å². The fourth-order valence-electron chi connectivity index (χ4n) is 4.18. The zero-order chi connectivity index (χ0) is 19.9. The van der Waals surface area contributed by atoms with Gasteiger partial charge in [0.2, 0.25) is 0 Å².